The molecule has 5 heteroatoms. The Balaban J connectivity index is 1.84. The summed E-state index contributed by atoms with van der Waals surface area (Å²) in [5, 5.41) is 2.99. The molecular weight excluding hydrogens is 232 g/mol. The molecule has 1 aliphatic heterocycles. The van der Waals surface area contributed by atoms with Crippen LogP contribution in [0.3, 0.4) is 0 Å². The molecule has 5 nitrogen and oxygen atoms in total. The smallest absolute Gasteiger partial charge is 0.257 e. The monoisotopic (exact) mass is 248 g/mol. The lowest BCUT2D eigenvalue weighted by molar-refractivity contribution is -0.127. The number of carbonyl (C=O) groups excluding carboxylic acids is 2. The summed E-state index contributed by atoms with van der Waals surface area (Å²) in [5.74, 6) is -0.162. The summed E-state index contributed by atoms with van der Waals surface area (Å²) < 4.78 is 4.94. The van der Waals surface area contributed by atoms with Gasteiger partial charge in [0.25, 0.3) is 5.91 Å². The van der Waals surface area contributed by atoms with Crippen LogP contribution >= 0.6 is 0 Å². The molecule has 1 saturated heterocycles. The van der Waals surface area contributed by atoms with Gasteiger partial charge in [0.2, 0.25) is 5.91 Å². The maximum Gasteiger partial charge on any atom is 0.257 e. The number of fused-ring (bicyclic) bond motifs is 1. The van der Waals surface area contributed by atoms with Crippen LogP contribution in [0, 0.1) is 0 Å². The maximum absolute atomic E-state index is 12.3. The van der Waals surface area contributed by atoms with Gasteiger partial charge in [-0.2, -0.15) is 0 Å². The number of amides is 2. The van der Waals surface area contributed by atoms with Crippen molar-refractivity contribution in [2.75, 3.05) is 6.54 Å². The van der Waals surface area contributed by atoms with E-state index in [1.807, 2.05) is 0 Å². The molecule has 0 radical (unpaired) electrons. The predicted molar refractivity (Wildman–Crippen MR) is 63.9 cm³/mol. The van der Waals surface area contributed by atoms with Crippen LogP contribution in [0.25, 0.3) is 0 Å². The summed E-state index contributed by atoms with van der Waals surface area (Å²) in [7, 11) is 0. The van der Waals surface area contributed by atoms with Crippen LogP contribution in [0.1, 0.15) is 36.0 Å². The third-order valence-electron chi connectivity index (χ3n) is 3.82. The summed E-state index contributed by atoms with van der Waals surface area (Å²) in [6, 6.07) is 1.90. The number of hydrogen-bond donors (Lipinski definition) is 1. The molecule has 18 heavy (non-hydrogen) atoms. The Morgan fingerprint density at radius 2 is 2.22 bits per heavy atom. The Kier molecular flexibility index (Phi) is 2.81. The number of piperazine rings is 1. The van der Waals surface area contributed by atoms with E-state index in [1.165, 1.54) is 12.5 Å². The van der Waals surface area contributed by atoms with Crippen molar-refractivity contribution >= 4 is 11.8 Å². The normalized spacial score (nSPS) is 27.6. The molecule has 0 aromatic carbocycles. The average molecular weight is 248 g/mol. The first kappa shape index (κ1) is 11.3. The molecule has 0 spiro atoms. The average Bonchev–Trinajstić information content (AvgIpc) is 2.90. The predicted octanol–water partition coefficient (Wildman–Crippen LogP) is 1.16. The zero-order chi connectivity index (χ0) is 12.5. The van der Waals surface area contributed by atoms with Gasteiger partial charge >= 0.3 is 0 Å². The lowest BCUT2D eigenvalue weighted by Crippen LogP contribution is -2.62. The molecule has 1 aromatic heterocycles. The van der Waals surface area contributed by atoms with E-state index in [0.29, 0.717) is 5.56 Å². The lowest BCUT2D eigenvalue weighted by Gasteiger charge is -2.43. The Morgan fingerprint density at radius 3 is 3.00 bits per heavy atom. The van der Waals surface area contributed by atoms with Crippen molar-refractivity contribution in [2.45, 2.75) is 37.8 Å². The molecule has 1 aromatic rings. The van der Waals surface area contributed by atoms with Crippen molar-refractivity contribution in [3.05, 3.63) is 24.2 Å². The van der Waals surface area contributed by atoms with Crippen LogP contribution in [0.2, 0.25) is 0 Å². The SMILES string of the molecule is O=C1CN(C(=O)c2ccoc2)C2CCCCC2N1. The summed E-state index contributed by atoms with van der Waals surface area (Å²) in [6.07, 6.45) is 7.09. The van der Waals surface area contributed by atoms with Gasteiger partial charge in [-0.15, -0.1) is 0 Å². The maximum atomic E-state index is 12.3. The first-order valence-electron chi connectivity index (χ1n) is 6.38. The highest BCUT2D eigenvalue weighted by Crippen LogP contribution is 2.27. The molecule has 2 heterocycles. The van der Waals surface area contributed by atoms with Gasteiger partial charge in [-0.3, -0.25) is 9.59 Å². The summed E-state index contributed by atoms with van der Waals surface area (Å²) in [5.41, 5.74) is 0.522. The minimum absolute atomic E-state index is 0.0602. The van der Waals surface area contributed by atoms with Crippen molar-refractivity contribution in [1.82, 2.24) is 10.2 Å². The first-order valence-corrected chi connectivity index (χ1v) is 6.38. The summed E-state index contributed by atoms with van der Waals surface area (Å²) in [4.78, 5) is 25.7. The Bertz CT molecular complexity index is 455. The fraction of sp³-hybridized carbons (Fsp3) is 0.538. The third kappa shape index (κ3) is 1.89. The van der Waals surface area contributed by atoms with Gasteiger partial charge in [0.1, 0.15) is 12.8 Å². The van der Waals surface area contributed by atoms with Crippen molar-refractivity contribution in [2.24, 2.45) is 0 Å². The molecule has 1 N–H and O–H groups in total. The minimum atomic E-state index is -0.101. The molecule has 2 fully saturated rings. The molecule has 1 aliphatic carbocycles. The van der Waals surface area contributed by atoms with E-state index < -0.39 is 0 Å². The third-order valence-corrected chi connectivity index (χ3v) is 3.82. The first-order chi connectivity index (χ1) is 8.75. The van der Waals surface area contributed by atoms with E-state index in [4.69, 9.17) is 4.42 Å². The molecule has 2 atom stereocenters. The summed E-state index contributed by atoms with van der Waals surface area (Å²) in [6.45, 7) is 0.158. The molecule has 2 unspecified atom stereocenters. The highest BCUT2D eigenvalue weighted by Gasteiger charge is 2.39. The number of carbonyl (C=O) groups is 2. The van der Waals surface area contributed by atoms with Gasteiger partial charge in [0, 0.05) is 6.04 Å². The van der Waals surface area contributed by atoms with Gasteiger partial charge in [-0.25, -0.2) is 0 Å². The Morgan fingerprint density at radius 1 is 1.39 bits per heavy atom. The van der Waals surface area contributed by atoms with Crippen LogP contribution in [-0.2, 0) is 4.79 Å². The van der Waals surface area contributed by atoms with E-state index in [-0.39, 0.29) is 30.4 Å². The fourth-order valence-corrected chi connectivity index (χ4v) is 2.95. The molecule has 96 valence electrons. The van der Waals surface area contributed by atoms with Crippen molar-refractivity contribution in [3.8, 4) is 0 Å². The Labute approximate surface area is 105 Å². The van der Waals surface area contributed by atoms with E-state index in [0.717, 1.165) is 25.7 Å². The Hall–Kier alpha value is -1.78. The van der Waals surface area contributed by atoms with E-state index in [9.17, 15) is 9.59 Å². The van der Waals surface area contributed by atoms with Crippen LogP contribution in [-0.4, -0.2) is 35.3 Å². The molecule has 2 amide bonds. The van der Waals surface area contributed by atoms with Gasteiger partial charge in [0.05, 0.1) is 17.9 Å². The van der Waals surface area contributed by atoms with Crippen LogP contribution in [0.4, 0.5) is 0 Å². The number of rotatable bonds is 1. The molecule has 0 bridgehead atoms. The zero-order valence-corrected chi connectivity index (χ0v) is 10.1. The van der Waals surface area contributed by atoms with Crippen molar-refractivity contribution in [1.29, 1.82) is 0 Å². The van der Waals surface area contributed by atoms with E-state index in [2.05, 4.69) is 5.32 Å². The van der Waals surface area contributed by atoms with Gasteiger partial charge in [0.15, 0.2) is 0 Å². The second-order valence-corrected chi connectivity index (χ2v) is 4.97. The van der Waals surface area contributed by atoms with Gasteiger partial charge < -0.3 is 14.6 Å². The largest absolute Gasteiger partial charge is 0.472 e. The van der Waals surface area contributed by atoms with Crippen molar-refractivity contribution < 1.29 is 14.0 Å². The minimum Gasteiger partial charge on any atom is -0.472 e. The van der Waals surface area contributed by atoms with E-state index >= 15 is 0 Å². The number of nitrogens with one attached hydrogen (secondary N) is 1. The highest BCUT2D eigenvalue weighted by molar-refractivity contribution is 5.97. The van der Waals surface area contributed by atoms with Gasteiger partial charge in [-0.1, -0.05) is 12.8 Å². The quantitative estimate of drug-likeness (QED) is 0.811. The topological polar surface area (TPSA) is 62.6 Å². The second kappa shape index (κ2) is 4.48. The zero-order valence-electron chi connectivity index (χ0n) is 10.1. The number of nitrogens with zero attached hydrogens (tertiary/aromatic N) is 1. The van der Waals surface area contributed by atoms with Crippen LogP contribution in [0.15, 0.2) is 23.0 Å². The fourth-order valence-electron chi connectivity index (χ4n) is 2.95. The number of furan rings is 1. The molecule has 3 rings (SSSR count). The molecule has 1 saturated carbocycles. The van der Waals surface area contributed by atoms with Crippen molar-refractivity contribution in [3.63, 3.8) is 0 Å². The standard InChI is InChI=1S/C13H16N2O3/c16-12-7-15(13(17)9-5-6-18-8-9)11-4-2-1-3-10(11)14-12/h5-6,8,10-11H,1-4,7H2,(H,14,16). The van der Waals surface area contributed by atoms with Crippen LogP contribution < -0.4 is 5.32 Å². The second-order valence-electron chi connectivity index (χ2n) is 4.97. The number of hydrogen-bond acceptors (Lipinski definition) is 3. The van der Waals surface area contributed by atoms with Gasteiger partial charge in [-0.05, 0) is 18.9 Å². The summed E-state index contributed by atoms with van der Waals surface area (Å²) >= 11 is 0. The highest BCUT2D eigenvalue weighted by atomic mass is 16.3. The van der Waals surface area contributed by atoms with Crippen LogP contribution in [0.5, 0.6) is 0 Å². The molecule has 2 aliphatic rings. The van der Waals surface area contributed by atoms with E-state index in [1.54, 1.807) is 11.0 Å². The molecular formula is C13H16N2O3. The lowest BCUT2D eigenvalue weighted by atomic mass is 9.87.